The Morgan fingerprint density at radius 2 is 2.07 bits per heavy atom. The molecule has 1 aromatic rings. The van der Waals surface area contributed by atoms with Crippen LogP contribution in [0.2, 0.25) is 0 Å². The topological polar surface area (TPSA) is 72.8 Å². The van der Waals surface area contributed by atoms with Crippen LogP contribution >= 0.6 is 0 Å². The van der Waals surface area contributed by atoms with Gasteiger partial charge in [-0.2, -0.15) is 0 Å². The standard InChI is InChI=1S/C22H37N5O/c1-4-23-21(25-16-22(3)12-6-5-7-19(22)28)26-18-10-13-27(14-11-18)20-9-8-17(2)15-24-20/h8-9,15,18-19,28H,4-7,10-14,16H2,1-3H3,(H2,23,25,26). The van der Waals surface area contributed by atoms with Crippen molar-refractivity contribution in [1.82, 2.24) is 15.6 Å². The molecule has 3 rings (SSSR count). The van der Waals surface area contributed by atoms with Crippen molar-refractivity contribution in [3.63, 3.8) is 0 Å². The van der Waals surface area contributed by atoms with Crippen molar-refractivity contribution in [2.75, 3.05) is 31.1 Å². The SMILES string of the molecule is CCNC(=NCC1(C)CCCCC1O)NC1CCN(c2ccc(C)cn2)CC1. The van der Waals surface area contributed by atoms with Gasteiger partial charge >= 0.3 is 0 Å². The molecule has 28 heavy (non-hydrogen) atoms. The number of hydrogen-bond donors (Lipinski definition) is 3. The number of rotatable bonds is 5. The zero-order chi connectivity index (χ0) is 20.0. The van der Waals surface area contributed by atoms with Crippen LogP contribution in [0, 0.1) is 12.3 Å². The van der Waals surface area contributed by atoms with Gasteiger partial charge in [0.15, 0.2) is 5.96 Å². The van der Waals surface area contributed by atoms with Crippen LogP contribution in [0.25, 0.3) is 0 Å². The normalized spacial score (nSPS) is 26.9. The zero-order valence-corrected chi connectivity index (χ0v) is 17.7. The fourth-order valence-electron chi connectivity index (χ4n) is 4.24. The van der Waals surface area contributed by atoms with Gasteiger partial charge in [-0.3, -0.25) is 4.99 Å². The van der Waals surface area contributed by atoms with Gasteiger partial charge in [0.2, 0.25) is 0 Å². The van der Waals surface area contributed by atoms with E-state index < -0.39 is 0 Å². The van der Waals surface area contributed by atoms with E-state index in [1.807, 2.05) is 6.20 Å². The molecule has 3 N–H and O–H groups in total. The maximum absolute atomic E-state index is 10.4. The Balaban J connectivity index is 1.54. The third-order valence-corrected chi connectivity index (χ3v) is 6.28. The molecule has 2 aliphatic rings. The highest BCUT2D eigenvalue weighted by molar-refractivity contribution is 5.80. The van der Waals surface area contributed by atoms with Gasteiger partial charge in [-0.05, 0) is 51.2 Å². The van der Waals surface area contributed by atoms with Crippen molar-refractivity contribution in [2.24, 2.45) is 10.4 Å². The summed E-state index contributed by atoms with van der Waals surface area (Å²) >= 11 is 0. The van der Waals surface area contributed by atoms with Crippen LogP contribution in [0.15, 0.2) is 23.3 Å². The van der Waals surface area contributed by atoms with E-state index in [4.69, 9.17) is 4.99 Å². The van der Waals surface area contributed by atoms with E-state index in [-0.39, 0.29) is 11.5 Å². The molecule has 0 aromatic carbocycles. The van der Waals surface area contributed by atoms with Crippen LogP contribution in [-0.4, -0.2) is 54.4 Å². The van der Waals surface area contributed by atoms with E-state index in [1.54, 1.807) is 0 Å². The Bertz CT molecular complexity index is 639. The van der Waals surface area contributed by atoms with Crippen LogP contribution in [0.4, 0.5) is 5.82 Å². The fraction of sp³-hybridized carbons (Fsp3) is 0.727. The van der Waals surface area contributed by atoms with Crippen molar-refractivity contribution in [3.05, 3.63) is 23.9 Å². The first-order valence-electron chi connectivity index (χ1n) is 10.9. The van der Waals surface area contributed by atoms with Gasteiger partial charge in [-0.15, -0.1) is 0 Å². The van der Waals surface area contributed by atoms with Crippen molar-refractivity contribution in [2.45, 2.75) is 71.4 Å². The van der Waals surface area contributed by atoms with Gasteiger partial charge in [0, 0.05) is 37.3 Å². The number of aliphatic hydroxyl groups excluding tert-OH is 1. The third-order valence-electron chi connectivity index (χ3n) is 6.28. The Hall–Kier alpha value is -1.82. The number of guanidine groups is 1. The number of hydrogen-bond acceptors (Lipinski definition) is 4. The number of aryl methyl sites for hydroxylation is 1. The first-order valence-corrected chi connectivity index (χ1v) is 10.9. The minimum absolute atomic E-state index is 0.0962. The summed E-state index contributed by atoms with van der Waals surface area (Å²) in [6.07, 6.45) is 8.13. The maximum atomic E-state index is 10.4. The third kappa shape index (κ3) is 5.37. The van der Waals surface area contributed by atoms with Gasteiger partial charge < -0.3 is 20.6 Å². The number of pyridine rings is 1. The lowest BCUT2D eigenvalue weighted by Gasteiger charge is -2.37. The van der Waals surface area contributed by atoms with Gasteiger partial charge in [-0.25, -0.2) is 4.98 Å². The van der Waals surface area contributed by atoms with E-state index in [0.717, 1.165) is 63.5 Å². The molecule has 2 fully saturated rings. The molecule has 0 radical (unpaired) electrons. The molecule has 6 nitrogen and oxygen atoms in total. The molecule has 1 aliphatic heterocycles. The first kappa shape index (κ1) is 20.9. The number of piperidine rings is 1. The van der Waals surface area contributed by atoms with Crippen LogP contribution in [0.3, 0.4) is 0 Å². The largest absolute Gasteiger partial charge is 0.392 e. The second-order valence-corrected chi connectivity index (χ2v) is 8.71. The number of nitrogens with zero attached hydrogens (tertiary/aromatic N) is 3. The lowest BCUT2D eigenvalue weighted by atomic mass is 9.73. The Morgan fingerprint density at radius 3 is 2.71 bits per heavy atom. The van der Waals surface area contributed by atoms with E-state index in [2.05, 4.69) is 53.4 Å². The minimum Gasteiger partial charge on any atom is -0.392 e. The summed E-state index contributed by atoms with van der Waals surface area (Å²) in [6.45, 7) is 9.87. The summed E-state index contributed by atoms with van der Waals surface area (Å²) in [4.78, 5) is 11.8. The predicted molar refractivity (Wildman–Crippen MR) is 116 cm³/mol. The summed E-state index contributed by atoms with van der Waals surface area (Å²) < 4.78 is 0. The van der Waals surface area contributed by atoms with Gasteiger partial charge in [0.05, 0.1) is 12.6 Å². The van der Waals surface area contributed by atoms with Crippen molar-refractivity contribution < 1.29 is 5.11 Å². The molecular weight excluding hydrogens is 350 g/mol. The summed E-state index contributed by atoms with van der Waals surface area (Å²) in [5.74, 6) is 1.96. The lowest BCUT2D eigenvalue weighted by Crippen LogP contribution is -2.49. The average Bonchev–Trinajstić information content (AvgIpc) is 2.70. The van der Waals surface area contributed by atoms with Crippen LogP contribution in [0.1, 0.15) is 57.9 Å². The molecule has 0 spiro atoms. The number of nitrogens with one attached hydrogen (secondary N) is 2. The molecule has 6 heteroatoms. The second kappa shape index (κ2) is 9.59. The van der Waals surface area contributed by atoms with E-state index >= 15 is 0 Å². The van der Waals surface area contributed by atoms with Crippen LogP contribution in [0.5, 0.6) is 0 Å². The van der Waals surface area contributed by atoms with Crippen molar-refractivity contribution >= 4 is 11.8 Å². The van der Waals surface area contributed by atoms with E-state index in [1.165, 1.54) is 12.0 Å². The second-order valence-electron chi connectivity index (χ2n) is 8.71. The van der Waals surface area contributed by atoms with Gasteiger partial charge in [-0.1, -0.05) is 25.8 Å². The molecular formula is C22H37N5O. The minimum atomic E-state index is -0.238. The van der Waals surface area contributed by atoms with Crippen molar-refractivity contribution in [1.29, 1.82) is 0 Å². The number of aromatic nitrogens is 1. The van der Waals surface area contributed by atoms with Crippen LogP contribution < -0.4 is 15.5 Å². The molecule has 156 valence electrons. The average molecular weight is 388 g/mol. The Morgan fingerprint density at radius 1 is 1.29 bits per heavy atom. The predicted octanol–water partition coefficient (Wildman–Crippen LogP) is 2.86. The fourth-order valence-corrected chi connectivity index (χ4v) is 4.24. The Labute approximate surface area is 169 Å². The Kier molecular flexibility index (Phi) is 7.16. The number of aliphatic hydroxyl groups is 1. The summed E-state index contributed by atoms with van der Waals surface area (Å²) in [5.41, 5.74) is 1.10. The molecule has 2 heterocycles. The molecule has 1 aromatic heterocycles. The molecule has 1 saturated carbocycles. The number of aliphatic imine (C=N–C) groups is 1. The van der Waals surface area contributed by atoms with Crippen molar-refractivity contribution in [3.8, 4) is 0 Å². The monoisotopic (exact) mass is 387 g/mol. The summed E-state index contributed by atoms with van der Waals surface area (Å²) in [7, 11) is 0. The highest BCUT2D eigenvalue weighted by Crippen LogP contribution is 2.36. The van der Waals surface area contributed by atoms with Gasteiger partial charge in [0.25, 0.3) is 0 Å². The van der Waals surface area contributed by atoms with E-state index in [0.29, 0.717) is 12.6 Å². The maximum Gasteiger partial charge on any atom is 0.191 e. The van der Waals surface area contributed by atoms with E-state index in [9.17, 15) is 5.11 Å². The molecule has 2 unspecified atom stereocenters. The summed E-state index contributed by atoms with van der Waals surface area (Å²) in [6, 6.07) is 4.66. The molecule has 1 saturated heterocycles. The molecule has 1 aliphatic carbocycles. The highest BCUT2D eigenvalue weighted by Gasteiger charge is 2.35. The quantitative estimate of drug-likeness (QED) is 0.535. The highest BCUT2D eigenvalue weighted by atomic mass is 16.3. The number of anilines is 1. The van der Waals surface area contributed by atoms with Gasteiger partial charge in [0.1, 0.15) is 5.82 Å². The molecule has 2 atom stereocenters. The zero-order valence-electron chi connectivity index (χ0n) is 17.7. The summed E-state index contributed by atoms with van der Waals surface area (Å²) in [5, 5.41) is 17.4. The molecule has 0 bridgehead atoms. The smallest absolute Gasteiger partial charge is 0.191 e. The lowest BCUT2D eigenvalue weighted by molar-refractivity contribution is 0.00715. The van der Waals surface area contributed by atoms with Crippen LogP contribution in [-0.2, 0) is 0 Å². The molecule has 0 amide bonds. The first-order chi connectivity index (χ1) is 13.5.